The van der Waals surface area contributed by atoms with Gasteiger partial charge in [0.2, 0.25) is 5.71 Å². The Bertz CT molecular complexity index is 296. The van der Waals surface area contributed by atoms with Gasteiger partial charge >= 0.3 is 0 Å². The Balaban J connectivity index is 2.03. The molecule has 1 atom stereocenters. The quantitative estimate of drug-likeness (QED) is 0.672. The van der Waals surface area contributed by atoms with Gasteiger partial charge in [-0.15, -0.1) is 0 Å². The fourth-order valence-electron chi connectivity index (χ4n) is 2.08. The molecule has 0 bridgehead atoms. The maximum absolute atomic E-state index is 11.6. The van der Waals surface area contributed by atoms with Crippen LogP contribution in [-0.4, -0.2) is 23.5 Å². The van der Waals surface area contributed by atoms with E-state index in [1.807, 2.05) is 6.92 Å². The molecule has 1 aliphatic carbocycles. The van der Waals surface area contributed by atoms with Crippen LogP contribution in [0, 0.1) is 5.21 Å². The van der Waals surface area contributed by atoms with E-state index < -0.39 is 0 Å². The second-order valence-electron chi connectivity index (χ2n) is 3.85. The first-order valence-electron chi connectivity index (χ1n) is 5.62. The van der Waals surface area contributed by atoms with Crippen LogP contribution in [-0.2, 0) is 9.57 Å². The van der Waals surface area contributed by atoms with Gasteiger partial charge in [0.1, 0.15) is 0 Å². The second-order valence-corrected chi connectivity index (χ2v) is 3.85. The highest BCUT2D eigenvalue weighted by Crippen LogP contribution is 2.24. The van der Waals surface area contributed by atoms with Gasteiger partial charge in [0, 0.05) is 23.5 Å². The van der Waals surface area contributed by atoms with Crippen molar-refractivity contribution in [1.82, 2.24) is 0 Å². The summed E-state index contributed by atoms with van der Waals surface area (Å²) in [4.78, 5) is 5.78. The van der Waals surface area contributed by atoms with E-state index in [0.717, 1.165) is 37.8 Å². The summed E-state index contributed by atoms with van der Waals surface area (Å²) in [6.07, 6.45) is 6.57. The zero-order chi connectivity index (χ0) is 10.7. The van der Waals surface area contributed by atoms with Gasteiger partial charge in [-0.25, -0.2) is 0 Å². The summed E-state index contributed by atoms with van der Waals surface area (Å²) >= 11 is 0. The van der Waals surface area contributed by atoms with E-state index in [0.29, 0.717) is 11.5 Å². The number of rotatable bonds is 3. The van der Waals surface area contributed by atoms with Gasteiger partial charge in [0.05, 0.1) is 0 Å². The molecular weight excluding hydrogens is 194 g/mol. The van der Waals surface area contributed by atoms with E-state index in [2.05, 4.69) is 6.08 Å². The summed E-state index contributed by atoms with van der Waals surface area (Å²) in [5.74, 6) is 0. The molecule has 0 saturated carbocycles. The standard InChI is InChI=1S/C11H17NO3/c1-2-14-11-8-7-10(12(13)15-11)9-5-3-4-6-9/h5,11H,2-4,6-8H2,1H3. The number of allylic oxidation sites excluding steroid dienone is 2. The van der Waals surface area contributed by atoms with Crippen molar-refractivity contribution < 1.29 is 14.5 Å². The normalized spacial score (nSPS) is 26.5. The summed E-state index contributed by atoms with van der Waals surface area (Å²) in [6.45, 7) is 2.48. The Morgan fingerprint density at radius 2 is 2.47 bits per heavy atom. The predicted molar refractivity (Wildman–Crippen MR) is 56.3 cm³/mol. The molecule has 1 heterocycles. The van der Waals surface area contributed by atoms with Crippen LogP contribution < -0.4 is 0 Å². The van der Waals surface area contributed by atoms with E-state index in [9.17, 15) is 5.21 Å². The zero-order valence-corrected chi connectivity index (χ0v) is 9.07. The fraction of sp³-hybridized carbons (Fsp3) is 0.727. The molecule has 2 aliphatic rings. The topological polar surface area (TPSA) is 44.5 Å². The van der Waals surface area contributed by atoms with Gasteiger partial charge in [-0.1, -0.05) is 6.08 Å². The summed E-state index contributed by atoms with van der Waals surface area (Å²) < 4.78 is 5.27. The van der Waals surface area contributed by atoms with Crippen molar-refractivity contribution >= 4 is 5.71 Å². The largest absolute Gasteiger partial charge is 0.372 e. The van der Waals surface area contributed by atoms with Crippen molar-refractivity contribution in [2.45, 2.75) is 45.3 Å². The minimum absolute atomic E-state index is 0.363. The number of hydrogen-bond donors (Lipinski definition) is 0. The van der Waals surface area contributed by atoms with Crippen LogP contribution in [0.5, 0.6) is 0 Å². The van der Waals surface area contributed by atoms with Crippen molar-refractivity contribution in [3.05, 3.63) is 16.9 Å². The molecule has 4 nitrogen and oxygen atoms in total. The van der Waals surface area contributed by atoms with Crippen LogP contribution in [0.15, 0.2) is 11.6 Å². The summed E-state index contributed by atoms with van der Waals surface area (Å²) in [6, 6.07) is 0. The third kappa shape index (κ3) is 2.31. The molecule has 1 unspecified atom stereocenters. The van der Waals surface area contributed by atoms with Crippen molar-refractivity contribution in [2.24, 2.45) is 0 Å². The Hall–Kier alpha value is -1.03. The summed E-state index contributed by atoms with van der Waals surface area (Å²) in [7, 11) is 0. The molecule has 0 aromatic heterocycles. The predicted octanol–water partition coefficient (Wildman–Crippen LogP) is 2.14. The van der Waals surface area contributed by atoms with Gasteiger partial charge in [-0.05, 0) is 32.6 Å². The average molecular weight is 211 g/mol. The Kier molecular flexibility index (Phi) is 3.26. The van der Waals surface area contributed by atoms with Gasteiger partial charge in [-0.2, -0.15) is 0 Å². The third-order valence-corrected chi connectivity index (χ3v) is 2.81. The Morgan fingerprint density at radius 1 is 1.60 bits per heavy atom. The van der Waals surface area contributed by atoms with Crippen LogP contribution >= 0.6 is 0 Å². The molecule has 0 saturated heterocycles. The van der Waals surface area contributed by atoms with E-state index in [1.165, 1.54) is 5.57 Å². The molecule has 0 radical (unpaired) electrons. The molecule has 1 aliphatic heterocycles. The summed E-state index contributed by atoms with van der Waals surface area (Å²) in [5.41, 5.74) is 1.96. The third-order valence-electron chi connectivity index (χ3n) is 2.81. The van der Waals surface area contributed by atoms with E-state index in [4.69, 9.17) is 9.57 Å². The highest BCUT2D eigenvalue weighted by molar-refractivity contribution is 5.96. The Labute approximate surface area is 89.7 Å². The van der Waals surface area contributed by atoms with Crippen LogP contribution in [0.2, 0.25) is 0 Å². The minimum Gasteiger partial charge on any atom is -0.372 e. The molecule has 2 rings (SSSR count). The molecular formula is C11H17NO3. The number of hydrogen-bond acceptors (Lipinski definition) is 3. The monoisotopic (exact) mass is 211 g/mol. The highest BCUT2D eigenvalue weighted by Gasteiger charge is 2.27. The maximum atomic E-state index is 11.6. The van der Waals surface area contributed by atoms with E-state index in [1.54, 1.807) is 0 Å². The lowest BCUT2D eigenvalue weighted by Gasteiger charge is -2.24. The van der Waals surface area contributed by atoms with Gasteiger partial charge < -0.3 is 9.57 Å². The lowest BCUT2D eigenvalue weighted by Crippen LogP contribution is -2.32. The molecule has 0 aromatic rings. The number of nitrogens with zero attached hydrogens (tertiary/aromatic N) is 1. The lowest BCUT2D eigenvalue weighted by molar-refractivity contribution is -0.770. The molecule has 0 amide bonds. The first kappa shape index (κ1) is 10.5. The molecule has 0 fully saturated rings. The zero-order valence-electron chi connectivity index (χ0n) is 9.07. The average Bonchev–Trinajstić information content (AvgIpc) is 2.71. The molecule has 15 heavy (non-hydrogen) atoms. The molecule has 4 heteroatoms. The Morgan fingerprint density at radius 3 is 3.07 bits per heavy atom. The van der Waals surface area contributed by atoms with Crippen LogP contribution in [0.4, 0.5) is 0 Å². The summed E-state index contributed by atoms with van der Waals surface area (Å²) in [5, 5.41) is 11.6. The van der Waals surface area contributed by atoms with Gasteiger partial charge in [0.15, 0.2) is 6.29 Å². The first-order valence-corrected chi connectivity index (χ1v) is 5.62. The number of ether oxygens (including phenoxy) is 1. The SMILES string of the molecule is CCOC1CCC(C2=CCCC2)=[N+]([O-])O1. The van der Waals surface area contributed by atoms with Crippen LogP contribution in [0.25, 0.3) is 0 Å². The molecule has 0 spiro atoms. The fourth-order valence-corrected chi connectivity index (χ4v) is 2.08. The maximum Gasteiger partial charge on any atom is 0.248 e. The van der Waals surface area contributed by atoms with Crippen molar-refractivity contribution in [3.8, 4) is 0 Å². The first-order chi connectivity index (χ1) is 7.31. The molecule has 0 N–H and O–H groups in total. The van der Waals surface area contributed by atoms with E-state index in [-0.39, 0.29) is 6.29 Å². The molecule has 84 valence electrons. The van der Waals surface area contributed by atoms with Crippen molar-refractivity contribution in [1.29, 1.82) is 0 Å². The van der Waals surface area contributed by atoms with Crippen LogP contribution in [0.3, 0.4) is 0 Å². The van der Waals surface area contributed by atoms with Gasteiger partial charge in [0.25, 0.3) is 0 Å². The van der Waals surface area contributed by atoms with Crippen molar-refractivity contribution in [3.63, 3.8) is 0 Å². The minimum atomic E-state index is -0.363. The van der Waals surface area contributed by atoms with Gasteiger partial charge in [-0.3, -0.25) is 5.21 Å². The lowest BCUT2D eigenvalue weighted by atomic mass is 10.0. The smallest absolute Gasteiger partial charge is 0.248 e. The highest BCUT2D eigenvalue weighted by atomic mass is 16.9. The van der Waals surface area contributed by atoms with Crippen molar-refractivity contribution in [2.75, 3.05) is 6.61 Å². The molecule has 0 aromatic carbocycles. The van der Waals surface area contributed by atoms with E-state index >= 15 is 0 Å². The second kappa shape index (κ2) is 4.66. The van der Waals surface area contributed by atoms with Crippen LogP contribution in [0.1, 0.15) is 39.0 Å².